The van der Waals surface area contributed by atoms with Crippen molar-refractivity contribution in [2.24, 2.45) is 0 Å². The molecule has 1 atom stereocenters. The third-order valence-electron chi connectivity index (χ3n) is 1.96. The largest absolute Gasteiger partial charge is 0.480 e. The van der Waals surface area contributed by atoms with E-state index in [-0.39, 0.29) is 18.7 Å². The fourth-order valence-electron chi connectivity index (χ4n) is 1.02. The van der Waals surface area contributed by atoms with Crippen LogP contribution in [0, 0.1) is 11.3 Å². The number of hydrogen-bond acceptors (Lipinski definition) is 4. The molecule has 1 unspecified atom stereocenters. The molecule has 0 bridgehead atoms. The number of hydrogen-bond donors (Lipinski definition) is 1. The molecular weight excluding hydrogens is 220 g/mol. The lowest BCUT2D eigenvalue weighted by atomic mass is 10.3. The van der Waals surface area contributed by atoms with Crippen molar-refractivity contribution in [2.45, 2.75) is 26.3 Å². The van der Waals surface area contributed by atoms with Gasteiger partial charge in [-0.25, -0.2) is 8.42 Å². The molecule has 0 saturated carbocycles. The van der Waals surface area contributed by atoms with Gasteiger partial charge in [-0.2, -0.15) is 9.57 Å². The summed E-state index contributed by atoms with van der Waals surface area (Å²) < 4.78 is 23.9. The summed E-state index contributed by atoms with van der Waals surface area (Å²) in [6, 6.07) is 0.653. The highest BCUT2D eigenvalue weighted by Gasteiger charge is 2.29. The van der Waals surface area contributed by atoms with Crippen LogP contribution >= 0.6 is 0 Å². The topological polar surface area (TPSA) is 98.5 Å². The highest BCUT2D eigenvalue weighted by molar-refractivity contribution is 7.89. The van der Waals surface area contributed by atoms with Crippen LogP contribution in [0.3, 0.4) is 0 Å². The molecule has 0 radical (unpaired) electrons. The predicted octanol–water partition coefficient (Wildman–Crippen LogP) is 0.0249. The second-order valence-electron chi connectivity index (χ2n) is 2.93. The van der Waals surface area contributed by atoms with E-state index in [2.05, 4.69) is 0 Å². The lowest BCUT2D eigenvalue weighted by Gasteiger charge is -2.23. The van der Waals surface area contributed by atoms with Gasteiger partial charge in [0, 0.05) is 13.0 Å². The Morgan fingerprint density at radius 2 is 2.13 bits per heavy atom. The first-order valence-electron chi connectivity index (χ1n) is 4.46. The maximum Gasteiger partial charge on any atom is 0.321 e. The van der Waals surface area contributed by atoms with Gasteiger partial charge >= 0.3 is 5.97 Å². The van der Waals surface area contributed by atoms with Gasteiger partial charge in [-0.15, -0.1) is 0 Å². The Bertz CT molecular complexity index is 357. The summed E-state index contributed by atoms with van der Waals surface area (Å²) in [6.45, 7) is 2.64. The minimum Gasteiger partial charge on any atom is -0.480 e. The van der Waals surface area contributed by atoms with Crippen molar-refractivity contribution in [3.05, 3.63) is 0 Å². The van der Waals surface area contributed by atoms with Crippen LogP contribution in [0.4, 0.5) is 0 Å². The zero-order valence-electron chi connectivity index (χ0n) is 8.67. The van der Waals surface area contributed by atoms with Crippen molar-refractivity contribution in [3.63, 3.8) is 0 Å². The molecule has 0 fully saturated rings. The van der Waals surface area contributed by atoms with Gasteiger partial charge in [0.15, 0.2) is 0 Å². The summed E-state index contributed by atoms with van der Waals surface area (Å²) in [5, 5.41) is 17.1. The standard InChI is InChI=1S/C8H14N2O4S/c1-3-15(13,14)10(6-4-5-9)7(2)8(11)12/h7H,3-4,6H2,1-2H3,(H,11,12). The molecular formula is C8H14N2O4S. The van der Waals surface area contributed by atoms with Crippen LogP contribution < -0.4 is 0 Å². The van der Waals surface area contributed by atoms with Crippen molar-refractivity contribution >= 4 is 16.0 Å². The summed E-state index contributed by atoms with van der Waals surface area (Å²) in [6.07, 6.45) is -0.0170. The van der Waals surface area contributed by atoms with Gasteiger partial charge < -0.3 is 5.11 Å². The fraction of sp³-hybridized carbons (Fsp3) is 0.750. The van der Waals surface area contributed by atoms with Crippen LogP contribution in [0.25, 0.3) is 0 Å². The monoisotopic (exact) mass is 234 g/mol. The second-order valence-corrected chi connectivity index (χ2v) is 5.14. The van der Waals surface area contributed by atoms with Crippen molar-refractivity contribution in [2.75, 3.05) is 12.3 Å². The van der Waals surface area contributed by atoms with Crippen LogP contribution in [-0.4, -0.2) is 42.1 Å². The SMILES string of the molecule is CCS(=O)(=O)N(CCC#N)C(C)C(=O)O. The van der Waals surface area contributed by atoms with E-state index in [1.807, 2.05) is 0 Å². The van der Waals surface area contributed by atoms with E-state index in [1.54, 1.807) is 6.07 Å². The molecule has 0 spiro atoms. The van der Waals surface area contributed by atoms with Gasteiger partial charge in [0.1, 0.15) is 6.04 Å². The van der Waals surface area contributed by atoms with Crippen molar-refractivity contribution in [1.29, 1.82) is 5.26 Å². The third-order valence-corrected chi connectivity index (χ3v) is 3.90. The number of carbonyl (C=O) groups is 1. The maximum absolute atomic E-state index is 11.5. The molecule has 0 rings (SSSR count). The molecule has 0 aliphatic rings. The number of sulfonamides is 1. The summed E-state index contributed by atoms with van der Waals surface area (Å²) in [5.74, 6) is -1.39. The minimum absolute atomic E-state index is 0.0170. The normalized spacial score (nSPS) is 13.5. The second kappa shape index (κ2) is 5.68. The van der Waals surface area contributed by atoms with Gasteiger partial charge in [0.05, 0.1) is 11.8 Å². The Morgan fingerprint density at radius 3 is 2.47 bits per heavy atom. The molecule has 6 nitrogen and oxygen atoms in total. The Morgan fingerprint density at radius 1 is 1.60 bits per heavy atom. The van der Waals surface area contributed by atoms with Gasteiger partial charge in [-0.05, 0) is 13.8 Å². The van der Waals surface area contributed by atoms with E-state index in [4.69, 9.17) is 10.4 Å². The number of nitrogens with zero attached hydrogens (tertiary/aromatic N) is 2. The van der Waals surface area contributed by atoms with Crippen LogP contribution in [0.1, 0.15) is 20.3 Å². The highest BCUT2D eigenvalue weighted by Crippen LogP contribution is 2.08. The first-order chi connectivity index (χ1) is 6.86. The van der Waals surface area contributed by atoms with Crippen molar-refractivity contribution in [1.82, 2.24) is 4.31 Å². The van der Waals surface area contributed by atoms with Gasteiger partial charge in [0.25, 0.3) is 0 Å². The summed E-state index contributed by atoms with van der Waals surface area (Å²) in [4.78, 5) is 10.7. The molecule has 0 aromatic carbocycles. The number of rotatable bonds is 6. The molecule has 0 aliphatic heterocycles. The molecule has 0 heterocycles. The van der Waals surface area contributed by atoms with Crippen molar-refractivity contribution in [3.8, 4) is 6.07 Å². The summed E-state index contributed by atoms with van der Waals surface area (Å²) in [5.41, 5.74) is 0. The summed E-state index contributed by atoms with van der Waals surface area (Å²) in [7, 11) is -3.58. The lowest BCUT2D eigenvalue weighted by Crippen LogP contribution is -2.44. The highest BCUT2D eigenvalue weighted by atomic mass is 32.2. The Balaban J connectivity index is 4.91. The molecule has 0 aromatic rings. The number of aliphatic carboxylic acids is 1. The Hall–Kier alpha value is -1.13. The van der Waals surface area contributed by atoms with E-state index in [0.29, 0.717) is 0 Å². The van der Waals surface area contributed by atoms with Gasteiger partial charge in [0.2, 0.25) is 10.0 Å². The molecule has 0 saturated heterocycles. The zero-order valence-corrected chi connectivity index (χ0v) is 9.49. The van der Waals surface area contributed by atoms with E-state index in [0.717, 1.165) is 4.31 Å². The first kappa shape index (κ1) is 13.9. The zero-order chi connectivity index (χ0) is 12.1. The molecule has 86 valence electrons. The quantitative estimate of drug-likeness (QED) is 0.698. The first-order valence-corrected chi connectivity index (χ1v) is 6.07. The molecule has 0 amide bonds. The predicted molar refractivity (Wildman–Crippen MR) is 53.5 cm³/mol. The van der Waals surface area contributed by atoms with Crippen molar-refractivity contribution < 1.29 is 18.3 Å². The van der Waals surface area contributed by atoms with Crippen LogP contribution in [0.2, 0.25) is 0 Å². The van der Waals surface area contributed by atoms with E-state index in [1.165, 1.54) is 13.8 Å². The average molecular weight is 234 g/mol. The molecule has 0 aliphatic carbocycles. The van der Waals surface area contributed by atoms with Gasteiger partial charge in [-0.3, -0.25) is 4.79 Å². The maximum atomic E-state index is 11.5. The van der Waals surface area contributed by atoms with Crippen LogP contribution in [0.15, 0.2) is 0 Å². The fourth-order valence-corrected chi connectivity index (χ4v) is 2.30. The smallest absolute Gasteiger partial charge is 0.321 e. The van der Waals surface area contributed by atoms with Crippen LogP contribution in [0.5, 0.6) is 0 Å². The van der Waals surface area contributed by atoms with E-state index in [9.17, 15) is 13.2 Å². The summed E-state index contributed by atoms with van der Waals surface area (Å²) >= 11 is 0. The Kier molecular flexibility index (Phi) is 5.25. The van der Waals surface area contributed by atoms with E-state index < -0.39 is 22.0 Å². The molecule has 0 aromatic heterocycles. The van der Waals surface area contributed by atoms with E-state index >= 15 is 0 Å². The van der Waals surface area contributed by atoms with Crippen LogP contribution in [-0.2, 0) is 14.8 Å². The minimum atomic E-state index is -3.58. The average Bonchev–Trinajstić information content (AvgIpc) is 2.17. The number of carboxylic acid groups (broad SMARTS) is 1. The molecule has 7 heteroatoms. The number of nitriles is 1. The molecule has 1 N–H and O–H groups in total. The third kappa shape index (κ3) is 3.85. The Labute approximate surface area is 89.2 Å². The lowest BCUT2D eigenvalue weighted by molar-refractivity contribution is -0.140. The molecule has 15 heavy (non-hydrogen) atoms. The van der Waals surface area contributed by atoms with Gasteiger partial charge in [-0.1, -0.05) is 0 Å². The number of carboxylic acids is 1.